The fraction of sp³-hybridized carbons (Fsp3) is 0.125. The third-order valence-corrected chi connectivity index (χ3v) is 4.13. The zero-order valence-electron chi connectivity index (χ0n) is 13.0. The van der Waals surface area contributed by atoms with Crippen LogP contribution in [0.2, 0.25) is 0 Å². The Kier molecular flexibility index (Phi) is 3.90. The van der Waals surface area contributed by atoms with Crippen molar-refractivity contribution in [3.8, 4) is 5.69 Å². The molecule has 0 unspecified atom stereocenters. The Balaban J connectivity index is 2.01. The highest BCUT2D eigenvalue weighted by Crippen LogP contribution is 2.24. The van der Waals surface area contributed by atoms with E-state index in [1.165, 1.54) is 12.1 Å². The second-order valence-electron chi connectivity index (χ2n) is 5.40. The van der Waals surface area contributed by atoms with E-state index < -0.39 is 4.92 Å². The van der Waals surface area contributed by atoms with E-state index in [-0.39, 0.29) is 11.7 Å². The molecule has 8 heteroatoms. The molecule has 24 heavy (non-hydrogen) atoms. The summed E-state index contributed by atoms with van der Waals surface area (Å²) in [6.45, 7) is 3.88. The van der Waals surface area contributed by atoms with Crippen LogP contribution >= 0.6 is 12.2 Å². The average Bonchev–Trinajstić information content (AvgIpc) is 2.98. The van der Waals surface area contributed by atoms with Gasteiger partial charge in [-0.05, 0) is 43.7 Å². The Bertz CT molecular complexity index is 897. The van der Waals surface area contributed by atoms with Gasteiger partial charge in [-0.2, -0.15) is 0 Å². The van der Waals surface area contributed by atoms with Crippen LogP contribution in [0.15, 0.2) is 36.0 Å². The second-order valence-corrected chi connectivity index (χ2v) is 5.81. The summed E-state index contributed by atoms with van der Waals surface area (Å²) in [5.74, 6) is 0. The fourth-order valence-electron chi connectivity index (χ4n) is 2.69. The minimum Gasteiger partial charge on any atom is -0.318 e. The van der Waals surface area contributed by atoms with Crippen LogP contribution in [0, 0.1) is 24.0 Å². The third-order valence-electron chi connectivity index (χ3n) is 3.81. The van der Waals surface area contributed by atoms with E-state index in [4.69, 9.17) is 12.2 Å². The number of nitro groups is 1. The van der Waals surface area contributed by atoms with Crippen LogP contribution in [0.4, 0.5) is 10.5 Å². The number of carbonyl (C=O) groups is 1. The number of amides is 2. The summed E-state index contributed by atoms with van der Waals surface area (Å²) in [6, 6.07) is 7.99. The topological polar surface area (TPSA) is 89.2 Å². The van der Waals surface area contributed by atoms with Gasteiger partial charge in [0.1, 0.15) is 4.99 Å². The average molecular weight is 342 g/mol. The summed E-state index contributed by atoms with van der Waals surface area (Å²) in [4.78, 5) is 22.0. The quantitative estimate of drug-likeness (QED) is 0.388. The minimum absolute atomic E-state index is 0.0497. The number of rotatable bonds is 3. The smallest absolute Gasteiger partial charge is 0.318 e. The van der Waals surface area contributed by atoms with Gasteiger partial charge in [-0.15, -0.1) is 0 Å². The van der Waals surface area contributed by atoms with E-state index >= 15 is 0 Å². The Morgan fingerprint density at radius 1 is 1.21 bits per heavy atom. The molecule has 2 heterocycles. The van der Waals surface area contributed by atoms with E-state index in [9.17, 15) is 14.9 Å². The van der Waals surface area contributed by atoms with Crippen LogP contribution in [-0.4, -0.2) is 20.5 Å². The number of aryl methyl sites for hydroxylation is 1. The summed E-state index contributed by atoms with van der Waals surface area (Å²) in [5, 5.41) is 15.9. The van der Waals surface area contributed by atoms with Gasteiger partial charge in [-0.3, -0.25) is 15.4 Å². The van der Waals surface area contributed by atoms with Gasteiger partial charge < -0.3 is 9.88 Å². The van der Waals surface area contributed by atoms with Gasteiger partial charge in [0.15, 0.2) is 0 Å². The lowest BCUT2D eigenvalue weighted by molar-refractivity contribution is -0.384. The lowest BCUT2D eigenvalue weighted by Crippen LogP contribution is -2.21. The molecule has 0 aliphatic carbocycles. The third kappa shape index (κ3) is 2.79. The summed E-state index contributed by atoms with van der Waals surface area (Å²) >= 11 is 5.10. The van der Waals surface area contributed by atoms with E-state index in [2.05, 4.69) is 10.6 Å². The molecule has 2 N–H and O–H groups in total. The lowest BCUT2D eigenvalue weighted by atomic mass is 10.2. The fourth-order valence-corrected chi connectivity index (χ4v) is 2.90. The van der Waals surface area contributed by atoms with Crippen molar-refractivity contribution < 1.29 is 9.72 Å². The molecule has 1 aromatic carbocycles. The number of hydrogen-bond acceptors (Lipinski definition) is 4. The van der Waals surface area contributed by atoms with Gasteiger partial charge in [0.2, 0.25) is 0 Å². The Morgan fingerprint density at radius 3 is 2.42 bits per heavy atom. The summed E-state index contributed by atoms with van der Waals surface area (Å²) in [6.07, 6.45) is 1.81. The zero-order chi connectivity index (χ0) is 17.4. The molecule has 1 aliphatic rings. The number of carbonyl (C=O) groups excluding carboxylic acids is 1. The lowest BCUT2D eigenvalue weighted by Gasteiger charge is -2.09. The van der Waals surface area contributed by atoms with Crippen LogP contribution < -0.4 is 10.6 Å². The summed E-state index contributed by atoms with van der Waals surface area (Å²) in [7, 11) is 0. The van der Waals surface area contributed by atoms with Gasteiger partial charge in [0.05, 0.1) is 10.6 Å². The van der Waals surface area contributed by atoms with E-state index in [1.807, 2.05) is 30.6 Å². The molecule has 1 aliphatic heterocycles. The molecule has 2 aromatic rings. The number of thiocarbonyl (C=S) groups is 1. The van der Waals surface area contributed by atoms with E-state index in [1.54, 1.807) is 12.1 Å². The Morgan fingerprint density at radius 2 is 1.88 bits per heavy atom. The van der Waals surface area contributed by atoms with Crippen LogP contribution in [0.25, 0.3) is 11.8 Å². The second kappa shape index (κ2) is 5.89. The minimum atomic E-state index is -0.425. The largest absolute Gasteiger partial charge is 0.324 e. The van der Waals surface area contributed by atoms with Crippen molar-refractivity contribution in [1.29, 1.82) is 0 Å². The first-order valence-corrected chi connectivity index (χ1v) is 7.55. The molecule has 1 fully saturated rings. The van der Waals surface area contributed by atoms with Crippen LogP contribution in [-0.2, 0) is 0 Å². The van der Waals surface area contributed by atoms with Crippen LogP contribution in [0.1, 0.15) is 17.0 Å². The predicted octanol–water partition coefficient (Wildman–Crippen LogP) is 2.98. The van der Waals surface area contributed by atoms with E-state index in [0.717, 1.165) is 22.6 Å². The Hall–Kier alpha value is -3.00. The molecular formula is C16H14N4O3S. The van der Waals surface area contributed by atoms with Gasteiger partial charge in [0, 0.05) is 29.2 Å². The number of hydrogen-bond donors (Lipinski definition) is 2. The molecule has 0 radical (unpaired) electrons. The zero-order valence-corrected chi connectivity index (χ0v) is 13.8. The predicted molar refractivity (Wildman–Crippen MR) is 94.1 cm³/mol. The van der Waals surface area contributed by atoms with Crippen molar-refractivity contribution >= 4 is 35.0 Å². The molecule has 0 bridgehead atoms. The Labute approximate surface area is 143 Å². The number of benzene rings is 1. The molecule has 7 nitrogen and oxygen atoms in total. The monoisotopic (exact) mass is 342 g/mol. The van der Waals surface area contributed by atoms with Crippen molar-refractivity contribution in [2.24, 2.45) is 0 Å². The molecule has 0 spiro atoms. The number of nitrogens with zero attached hydrogens (tertiary/aromatic N) is 2. The number of aromatic nitrogens is 1. The van der Waals surface area contributed by atoms with Crippen LogP contribution in [0.3, 0.4) is 0 Å². The van der Waals surface area contributed by atoms with Crippen LogP contribution in [0.5, 0.6) is 0 Å². The van der Waals surface area contributed by atoms with Crippen molar-refractivity contribution in [1.82, 2.24) is 15.2 Å². The van der Waals surface area contributed by atoms with Gasteiger partial charge in [-0.25, -0.2) is 4.79 Å². The van der Waals surface area contributed by atoms with Gasteiger partial charge in [0.25, 0.3) is 5.69 Å². The van der Waals surface area contributed by atoms with Crippen molar-refractivity contribution in [2.75, 3.05) is 0 Å². The molecule has 1 saturated heterocycles. The maximum Gasteiger partial charge on any atom is 0.324 e. The molecule has 0 atom stereocenters. The first-order valence-electron chi connectivity index (χ1n) is 7.14. The van der Waals surface area contributed by atoms with Crippen molar-refractivity contribution in [2.45, 2.75) is 13.8 Å². The summed E-state index contributed by atoms with van der Waals surface area (Å²) in [5.41, 5.74) is 4.26. The molecule has 122 valence electrons. The number of non-ortho nitro benzene ring substituents is 1. The number of urea groups is 1. The standard InChI is InChI=1S/C16H14N4O3S/c1-9-7-11(8-14-15(24)18-16(21)17-14)10(2)19(9)12-3-5-13(6-4-12)20(22)23/h3-8H,1-2H3,(H2,17,18,21,24)/b14-8+. The molecular weight excluding hydrogens is 328 g/mol. The van der Waals surface area contributed by atoms with Gasteiger partial charge in [-0.1, -0.05) is 12.2 Å². The maximum absolute atomic E-state index is 11.3. The van der Waals surface area contributed by atoms with Crippen molar-refractivity contribution in [3.05, 3.63) is 63.1 Å². The molecule has 2 amide bonds. The highest BCUT2D eigenvalue weighted by molar-refractivity contribution is 7.80. The molecule has 1 aromatic heterocycles. The van der Waals surface area contributed by atoms with Gasteiger partial charge >= 0.3 is 6.03 Å². The number of nitrogens with one attached hydrogen (secondary N) is 2. The van der Waals surface area contributed by atoms with E-state index in [0.29, 0.717) is 10.7 Å². The first-order chi connectivity index (χ1) is 11.4. The molecule has 0 saturated carbocycles. The normalized spacial score (nSPS) is 15.5. The summed E-state index contributed by atoms with van der Waals surface area (Å²) < 4.78 is 1.99. The van der Waals surface area contributed by atoms with Crippen molar-refractivity contribution in [3.63, 3.8) is 0 Å². The maximum atomic E-state index is 11.3. The first kappa shape index (κ1) is 15.9. The SMILES string of the molecule is Cc1cc(/C=C2/NC(=O)NC2=S)c(C)n1-c1ccc([N+](=O)[O-])cc1. The highest BCUT2D eigenvalue weighted by atomic mass is 32.1. The number of nitro benzene ring substituents is 1. The highest BCUT2D eigenvalue weighted by Gasteiger charge is 2.20. The molecule has 3 rings (SSSR count).